The molecule has 29 heavy (non-hydrogen) atoms. The SMILES string of the molecule is O=C1C=CC(=O)N1CC1CCC(C(=O)O)(N2C(=O)CC(S(=O)(=O)O)C2=O)CC1.[H-].[Na+]. The fraction of sp³-hybridized carbons (Fsp3) is 0.562. The van der Waals surface area contributed by atoms with Gasteiger partial charge in [0.25, 0.3) is 27.8 Å². The molecule has 1 unspecified atom stereocenters. The zero-order chi connectivity index (χ0) is 20.9. The number of rotatable bonds is 5. The van der Waals surface area contributed by atoms with E-state index in [0.717, 1.165) is 17.1 Å². The monoisotopic (exact) mass is 438 g/mol. The van der Waals surface area contributed by atoms with Crippen molar-refractivity contribution in [1.29, 1.82) is 0 Å². The zero-order valence-corrected chi connectivity index (χ0v) is 18.4. The Morgan fingerprint density at radius 1 is 1.14 bits per heavy atom. The van der Waals surface area contributed by atoms with Crippen LogP contribution >= 0.6 is 0 Å². The van der Waals surface area contributed by atoms with E-state index < -0.39 is 56.9 Å². The van der Waals surface area contributed by atoms with Crippen molar-refractivity contribution in [2.45, 2.75) is 42.9 Å². The number of likely N-dealkylation sites (tertiary alicyclic amines) is 1. The van der Waals surface area contributed by atoms with Crippen molar-refractivity contribution in [1.82, 2.24) is 9.80 Å². The summed E-state index contributed by atoms with van der Waals surface area (Å²) in [6.07, 6.45) is 1.60. The molecule has 3 rings (SSSR count). The van der Waals surface area contributed by atoms with E-state index in [1.807, 2.05) is 0 Å². The molecule has 4 amide bonds. The summed E-state index contributed by atoms with van der Waals surface area (Å²) < 4.78 is 31.8. The molecular formula is C16H19N2NaO9S. The van der Waals surface area contributed by atoms with Crippen molar-refractivity contribution in [3.8, 4) is 0 Å². The average molecular weight is 438 g/mol. The maximum atomic E-state index is 12.4. The van der Waals surface area contributed by atoms with Crippen LogP contribution in [0.25, 0.3) is 0 Å². The summed E-state index contributed by atoms with van der Waals surface area (Å²) in [7, 11) is -4.84. The quantitative estimate of drug-likeness (QED) is 0.247. The molecule has 1 saturated carbocycles. The first-order valence-corrected chi connectivity index (χ1v) is 10.1. The van der Waals surface area contributed by atoms with Gasteiger partial charge in [-0.3, -0.25) is 33.5 Å². The molecule has 0 radical (unpaired) electrons. The summed E-state index contributed by atoms with van der Waals surface area (Å²) in [4.78, 5) is 61.5. The van der Waals surface area contributed by atoms with Crippen molar-refractivity contribution < 1.29 is 73.0 Å². The summed E-state index contributed by atoms with van der Waals surface area (Å²) in [5, 5.41) is 7.74. The number of hydrogen-bond acceptors (Lipinski definition) is 7. The average Bonchev–Trinajstić information content (AvgIpc) is 3.08. The number of amides is 4. The minimum absolute atomic E-state index is 0. The summed E-state index contributed by atoms with van der Waals surface area (Å²) in [5.74, 6) is -4.80. The predicted molar refractivity (Wildman–Crippen MR) is 91.1 cm³/mol. The van der Waals surface area contributed by atoms with E-state index in [4.69, 9.17) is 4.55 Å². The third kappa shape index (κ3) is 4.17. The van der Waals surface area contributed by atoms with E-state index in [1.165, 1.54) is 0 Å². The molecule has 1 saturated heterocycles. The summed E-state index contributed by atoms with van der Waals surface area (Å²) >= 11 is 0. The molecule has 1 atom stereocenters. The maximum absolute atomic E-state index is 12.4. The van der Waals surface area contributed by atoms with Crippen LogP contribution in [0.4, 0.5) is 0 Å². The molecule has 3 aliphatic rings. The smallest absolute Gasteiger partial charge is 1.00 e. The zero-order valence-electron chi connectivity index (χ0n) is 16.6. The van der Waals surface area contributed by atoms with Gasteiger partial charge in [0.1, 0.15) is 5.54 Å². The Labute approximate surface area is 189 Å². The standard InChI is InChI=1S/C16H18N2O9S.Na.H/c19-11-1-2-12(20)17(11)8-9-3-5-16(6-4-9,15(23)24)18-13(21)7-10(14(18)22)28(25,26)27;;/h1-2,9-10H,3-8H2,(H,23,24)(H,25,26,27);;/q;+1;-1. The molecule has 2 aliphatic heterocycles. The number of hydrogen-bond donors (Lipinski definition) is 2. The largest absolute Gasteiger partial charge is 1.00 e. The van der Waals surface area contributed by atoms with Crippen molar-refractivity contribution in [3.63, 3.8) is 0 Å². The van der Waals surface area contributed by atoms with E-state index in [-0.39, 0.29) is 69.1 Å². The summed E-state index contributed by atoms with van der Waals surface area (Å²) in [5.41, 5.74) is -1.92. The molecule has 1 aliphatic carbocycles. The van der Waals surface area contributed by atoms with Crippen LogP contribution in [0.3, 0.4) is 0 Å². The summed E-state index contributed by atoms with van der Waals surface area (Å²) in [6.45, 7) is 0.0932. The Morgan fingerprint density at radius 2 is 1.66 bits per heavy atom. The van der Waals surface area contributed by atoms with Crippen LogP contribution in [-0.2, 0) is 34.1 Å². The molecule has 2 heterocycles. The van der Waals surface area contributed by atoms with Crippen LogP contribution in [0.1, 0.15) is 33.5 Å². The Kier molecular flexibility index (Phi) is 6.75. The number of aliphatic carboxylic acids is 1. The predicted octanol–water partition coefficient (Wildman–Crippen LogP) is -3.94. The Bertz CT molecular complexity index is 894. The van der Waals surface area contributed by atoms with Gasteiger partial charge in [0, 0.05) is 18.7 Å². The van der Waals surface area contributed by atoms with Gasteiger partial charge in [-0.1, -0.05) is 0 Å². The van der Waals surface area contributed by atoms with Crippen LogP contribution in [0.2, 0.25) is 0 Å². The number of nitrogens with zero attached hydrogens (tertiary/aromatic N) is 2. The van der Waals surface area contributed by atoms with Crippen LogP contribution in [-0.4, -0.2) is 74.8 Å². The Hall–Kier alpha value is -1.60. The first kappa shape index (κ1) is 23.7. The maximum Gasteiger partial charge on any atom is 1.00 e. The number of carbonyl (C=O) groups is 5. The molecule has 0 aromatic carbocycles. The number of carbonyl (C=O) groups excluding carboxylic acids is 4. The Balaban J connectivity index is 0.00000225. The van der Waals surface area contributed by atoms with Gasteiger partial charge in [0.2, 0.25) is 5.91 Å². The molecule has 0 bridgehead atoms. The van der Waals surface area contributed by atoms with E-state index in [0.29, 0.717) is 4.90 Å². The molecule has 0 spiro atoms. The molecule has 2 N–H and O–H groups in total. The van der Waals surface area contributed by atoms with E-state index in [2.05, 4.69) is 0 Å². The molecule has 0 aromatic rings. The van der Waals surface area contributed by atoms with Crippen LogP contribution in [0.5, 0.6) is 0 Å². The first-order valence-electron chi connectivity index (χ1n) is 8.57. The normalized spacial score (nSPS) is 30.1. The number of carboxylic acids is 1. The Morgan fingerprint density at radius 3 is 2.07 bits per heavy atom. The topological polar surface area (TPSA) is 166 Å². The molecule has 2 fully saturated rings. The molecule has 0 aromatic heterocycles. The second kappa shape index (κ2) is 8.26. The van der Waals surface area contributed by atoms with Crippen LogP contribution < -0.4 is 29.6 Å². The van der Waals surface area contributed by atoms with Gasteiger partial charge in [-0.2, -0.15) is 8.42 Å². The van der Waals surface area contributed by atoms with Crippen LogP contribution in [0.15, 0.2) is 12.2 Å². The van der Waals surface area contributed by atoms with Gasteiger partial charge >= 0.3 is 35.5 Å². The summed E-state index contributed by atoms with van der Waals surface area (Å²) in [6, 6.07) is 0. The number of carboxylic acid groups (broad SMARTS) is 1. The van der Waals surface area contributed by atoms with Gasteiger partial charge in [0.05, 0.1) is 6.42 Å². The van der Waals surface area contributed by atoms with Gasteiger partial charge in [-0.25, -0.2) is 4.79 Å². The van der Waals surface area contributed by atoms with Crippen molar-refractivity contribution >= 4 is 39.7 Å². The minimum Gasteiger partial charge on any atom is -1.00 e. The van der Waals surface area contributed by atoms with Crippen molar-refractivity contribution in [2.75, 3.05) is 6.54 Å². The molecular weight excluding hydrogens is 419 g/mol. The van der Waals surface area contributed by atoms with E-state index >= 15 is 0 Å². The van der Waals surface area contributed by atoms with Gasteiger partial charge in [-0.15, -0.1) is 0 Å². The van der Waals surface area contributed by atoms with Crippen molar-refractivity contribution in [2.24, 2.45) is 5.92 Å². The fourth-order valence-corrected chi connectivity index (χ4v) is 4.74. The van der Waals surface area contributed by atoms with E-state index in [9.17, 15) is 37.5 Å². The first-order chi connectivity index (χ1) is 13.0. The fourth-order valence-electron chi connectivity index (χ4n) is 4.03. The van der Waals surface area contributed by atoms with Gasteiger partial charge in [0.15, 0.2) is 5.25 Å². The third-order valence-corrected chi connectivity index (χ3v) is 6.65. The molecule has 13 heteroatoms. The molecule has 154 valence electrons. The molecule has 11 nitrogen and oxygen atoms in total. The van der Waals surface area contributed by atoms with Crippen molar-refractivity contribution in [3.05, 3.63) is 12.2 Å². The third-order valence-electron chi connectivity index (χ3n) is 5.56. The second-order valence-electron chi connectivity index (χ2n) is 7.18. The van der Waals surface area contributed by atoms with Crippen LogP contribution in [0, 0.1) is 5.92 Å². The van der Waals surface area contributed by atoms with Gasteiger partial charge < -0.3 is 6.53 Å². The number of imide groups is 2. The minimum atomic E-state index is -4.84. The van der Waals surface area contributed by atoms with Gasteiger partial charge in [-0.05, 0) is 31.6 Å². The second-order valence-corrected chi connectivity index (χ2v) is 8.77. The van der Waals surface area contributed by atoms with E-state index in [1.54, 1.807) is 0 Å².